The zero-order valence-electron chi connectivity index (χ0n) is 17.9. The van der Waals surface area contributed by atoms with Crippen LogP contribution in [0.25, 0.3) is 5.69 Å². The number of carbonyl (C=O) groups is 2. The number of para-hydroxylation sites is 1. The number of hydrogen-bond donors (Lipinski definition) is 1. The maximum absolute atomic E-state index is 14.2. The molecule has 0 unspecified atom stereocenters. The highest BCUT2D eigenvalue weighted by Gasteiger charge is 2.34. The van der Waals surface area contributed by atoms with Crippen molar-refractivity contribution >= 4 is 11.8 Å². The Morgan fingerprint density at radius 3 is 2.47 bits per heavy atom. The van der Waals surface area contributed by atoms with Crippen molar-refractivity contribution in [1.29, 1.82) is 0 Å². The quantitative estimate of drug-likeness (QED) is 0.613. The minimum atomic E-state index is -0.387. The molecule has 0 radical (unpaired) electrons. The van der Waals surface area contributed by atoms with E-state index in [-0.39, 0.29) is 23.7 Å². The molecule has 2 aliphatic carbocycles. The van der Waals surface area contributed by atoms with Gasteiger partial charge in [0.15, 0.2) is 0 Å². The number of carbonyl (C=O) groups excluding carboxylic acids is 2. The fourth-order valence-corrected chi connectivity index (χ4v) is 3.85. The fraction of sp³-hybridized carbons (Fsp3) is 0.320. The van der Waals surface area contributed by atoms with E-state index in [0.717, 1.165) is 31.2 Å². The molecule has 2 amide bonds. The van der Waals surface area contributed by atoms with Crippen molar-refractivity contribution in [3.05, 3.63) is 82.9 Å². The molecule has 2 saturated carbocycles. The summed E-state index contributed by atoms with van der Waals surface area (Å²) < 4.78 is 15.7. The molecule has 0 atom stereocenters. The highest BCUT2D eigenvalue weighted by atomic mass is 19.1. The molecule has 0 aliphatic heterocycles. The van der Waals surface area contributed by atoms with E-state index in [2.05, 4.69) is 10.4 Å². The lowest BCUT2D eigenvalue weighted by Crippen LogP contribution is -2.33. The lowest BCUT2D eigenvalue weighted by atomic mass is 10.1. The van der Waals surface area contributed by atoms with Gasteiger partial charge in [0.05, 0.1) is 17.5 Å². The fourth-order valence-electron chi connectivity index (χ4n) is 3.85. The highest BCUT2D eigenvalue weighted by Crippen LogP contribution is 2.31. The van der Waals surface area contributed by atoms with E-state index < -0.39 is 0 Å². The number of nitrogens with zero attached hydrogens (tertiary/aromatic N) is 3. The van der Waals surface area contributed by atoms with Crippen LogP contribution in [0, 0.1) is 12.7 Å². The van der Waals surface area contributed by atoms with E-state index in [1.54, 1.807) is 25.1 Å². The van der Waals surface area contributed by atoms with Gasteiger partial charge in [-0.05, 0) is 62.4 Å². The van der Waals surface area contributed by atoms with Crippen LogP contribution in [-0.2, 0) is 6.54 Å². The van der Waals surface area contributed by atoms with Crippen molar-refractivity contribution in [1.82, 2.24) is 20.0 Å². The second-order valence-corrected chi connectivity index (χ2v) is 8.62. The van der Waals surface area contributed by atoms with Crippen LogP contribution in [0.4, 0.5) is 4.39 Å². The maximum atomic E-state index is 14.2. The highest BCUT2D eigenvalue weighted by molar-refractivity contribution is 5.96. The molecule has 1 heterocycles. The molecule has 7 heteroatoms. The maximum Gasteiger partial charge on any atom is 0.257 e. The Morgan fingerprint density at radius 1 is 1.09 bits per heavy atom. The van der Waals surface area contributed by atoms with Gasteiger partial charge in [-0.2, -0.15) is 5.10 Å². The molecule has 1 aromatic heterocycles. The molecule has 0 saturated heterocycles. The van der Waals surface area contributed by atoms with Crippen molar-refractivity contribution < 1.29 is 14.0 Å². The van der Waals surface area contributed by atoms with Crippen LogP contribution in [-0.4, -0.2) is 38.6 Å². The van der Waals surface area contributed by atoms with E-state index >= 15 is 0 Å². The lowest BCUT2D eigenvalue weighted by Gasteiger charge is -2.22. The van der Waals surface area contributed by atoms with Crippen molar-refractivity contribution in [2.45, 2.75) is 51.2 Å². The number of benzene rings is 2. The number of amides is 2. The van der Waals surface area contributed by atoms with Gasteiger partial charge in [0.2, 0.25) is 0 Å². The summed E-state index contributed by atoms with van der Waals surface area (Å²) in [6, 6.07) is 14.3. The van der Waals surface area contributed by atoms with Crippen LogP contribution in [0.1, 0.15) is 57.7 Å². The lowest BCUT2D eigenvalue weighted by molar-refractivity contribution is 0.0728. The minimum absolute atomic E-state index is 0.0506. The Balaban J connectivity index is 1.34. The second-order valence-electron chi connectivity index (χ2n) is 8.62. The average molecular weight is 432 g/mol. The van der Waals surface area contributed by atoms with Gasteiger partial charge in [-0.25, -0.2) is 9.07 Å². The van der Waals surface area contributed by atoms with Gasteiger partial charge >= 0.3 is 0 Å². The SMILES string of the molecule is Cc1c(C(=O)N(Cc2ccc(C(=O)NC3CC3)cc2)C2CC2)cnn1-c1ccccc1F. The van der Waals surface area contributed by atoms with Crippen molar-refractivity contribution in [2.75, 3.05) is 0 Å². The minimum Gasteiger partial charge on any atom is -0.349 e. The van der Waals surface area contributed by atoms with E-state index in [9.17, 15) is 14.0 Å². The number of nitrogens with one attached hydrogen (secondary N) is 1. The summed E-state index contributed by atoms with van der Waals surface area (Å²) in [6.45, 7) is 2.24. The summed E-state index contributed by atoms with van der Waals surface area (Å²) in [6.07, 6.45) is 5.55. The molecule has 1 N–H and O–H groups in total. The van der Waals surface area contributed by atoms with Gasteiger partial charge < -0.3 is 10.2 Å². The van der Waals surface area contributed by atoms with E-state index in [4.69, 9.17) is 0 Å². The number of halogens is 1. The summed E-state index contributed by atoms with van der Waals surface area (Å²) in [5.74, 6) is -0.545. The predicted molar refractivity (Wildman–Crippen MR) is 118 cm³/mol. The topological polar surface area (TPSA) is 67.2 Å². The Hall–Kier alpha value is -3.48. The standard InChI is InChI=1S/C25H25FN4O2/c1-16-21(14-27-30(16)23-5-3-2-4-22(23)26)25(32)29(20-12-13-20)15-17-6-8-18(9-7-17)24(31)28-19-10-11-19/h2-9,14,19-20H,10-13,15H2,1H3,(H,28,31). The summed E-state index contributed by atoms with van der Waals surface area (Å²) in [5, 5.41) is 7.27. The van der Waals surface area contributed by atoms with Crippen LogP contribution in [0.15, 0.2) is 54.7 Å². The van der Waals surface area contributed by atoms with Crippen LogP contribution in [0.3, 0.4) is 0 Å². The van der Waals surface area contributed by atoms with Gasteiger partial charge in [0, 0.05) is 24.2 Å². The van der Waals surface area contributed by atoms with E-state index in [0.29, 0.717) is 35.1 Å². The van der Waals surface area contributed by atoms with Crippen LogP contribution in [0.2, 0.25) is 0 Å². The Bertz CT molecular complexity index is 1160. The van der Waals surface area contributed by atoms with Gasteiger partial charge in [0.25, 0.3) is 11.8 Å². The number of rotatable bonds is 7. The van der Waals surface area contributed by atoms with Crippen LogP contribution >= 0.6 is 0 Å². The molecule has 2 aromatic carbocycles. The first-order chi connectivity index (χ1) is 15.5. The summed E-state index contributed by atoms with van der Waals surface area (Å²) >= 11 is 0. The molecule has 0 spiro atoms. The van der Waals surface area contributed by atoms with E-state index in [1.165, 1.54) is 16.9 Å². The summed E-state index contributed by atoms with van der Waals surface area (Å²) in [5.41, 5.74) is 3.00. The largest absolute Gasteiger partial charge is 0.349 e. The van der Waals surface area contributed by atoms with Gasteiger partial charge in [-0.1, -0.05) is 24.3 Å². The molecule has 5 rings (SSSR count). The zero-order chi connectivity index (χ0) is 22.2. The molecule has 3 aromatic rings. The van der Waals surface area contributed by atoms with Gasteiger partial charge in [-0.3, -0.25) is 9.59 Å². The Labute approximate surface area is 186 Å². The molecule has 0 bridgehead atoms. The number of hydrogen-bond acceptors (Lipinski definition) is 3. The monoisotopic (exact) mass is 432 g/mol. The first-order valence-electron chi connectivity index (χ1n) is 11.0. The second kappa shape index (κ2) is 8.22. The Kier molecular flexibility index (Phi) is 5.25. The first-order valence-corrected chi connectivity index (χ1v) is 11.0. The molecule has 2 aliphatic rings. The van der Waals surface area contributed by atoms with Crippen molar-refractivity contribution in [2.24, 2.45) is 0 Å². The molecule has 2 fully saturated rings. The number of aromatic nitrogens is 2. The molecule has 164 valence electrons. The molecule has 32 heavy (non-hydrogen) atoms. The third-order valence-electron chi connectivity index (χ3n) is 6.05. The van der Waals surface area contributed by atoms with Gasteiger partial charge in [0.1, 0.15) is 11.5 Å². The van der Waals surface area contributed by atoms with E-state index in [1.807, 2.05) is 29.2 Å². The molecule has 6 nitrogen and oxygen atoms in total. The zero-order valence-corrected chi connectivity index (χ0v) is 17.9. The van der Waals surface area contributed by atoms with Gasteiger partial charge in [-0.15, -0.1) is 0 Å². The van der Waals surface area contributed by atoms with Crippen molar-refractivity contribution in [3.63, 3.8) is 0 Å². The van der Waals surface area contributed by atoms with Crippen LogP contribution in [0.5, 0.6) is 0 Å². The third-order valence-corrected chi connectivity index (χ3v) is 6.05. The molecular weight excluding hydrogens is 407 g/mol. The van der Waals surface area contributed by atoms with Crippen LogP contribution < -0.4 is 5.32 Å². The van der Waals surface area contributed by atoms with Crippen molar-refractivity contribution in [3.8, 4) is 5.69 Å². The first kappa shape index (κ1) is 20.4. The predicted octanol–water partition coefficient (Wildman–Crippen LogP) is 4.02. The summed E-state index contributed by atoms with van der Waals surface area (Å²) in [4.78, 5) is 27.5. The smallest absolute Gasteiger partial charge is 0.257 e. The Morgan fingerprint density at radius 2 is 1.81 bits per heavy atom. The third kappa shape index (κ3) is 4.15. The summed E-state index contributed by atoms with van der Waals surface area (Å²) in [7, 11) is 0. The molecular formula is C25H25FN4O2. The average Bonchev–Trinajstić information content (AvgIpc) is 3.72. The normalized spacial score (nSPS) is 15.4.